The van der Waals surface area contributed by atoms with Crippen LogP contribution in [0, 0.1) is 11.3 Å². The number of hydrogen-bond acceptors (Lipinski definition) is 3. The van der Waals surface area contributed by atoms with Gasteiger partial charge in [-0.1, -0.05) is 6.42 Å². The van der Waals surface area contributed by atoms with Gasteiger partial charge in [-0.3, -0.25) is 4.90 Å². The number of nitrogens with zero attached hydrogens (tertiary/aromatic N) is 1. The van der Waals surface area contributed by atoms with Crippen molar-refractivity contribution in [3.63, 3.8) is 0 Å². The smallest absolute Gasteiger partial charge is 0.0534 e. The second-order valence-corrected chi connectivity index (χ2v) is 6.30. The fourth-order valence-corrected chi connectivity index (χ4v) is 4.43. The van der Waals surface area contributed by atoms with E-state index >= 15 is 0 Å². The minimum atomic E-state index is 0.514. The van der Waals surface area contributed by atoms with Crippen molar-refractivity contribution in [2.24, 2.45) is 11.3 Å². The van der Waals surface area contributed by atoms with Gasteiger partial charge in [0.05, 0.1) is 6.61 Å². The van der Waals surface area contributed by atoms with E-state index in [0.717, 1.165) is 18.6 Å². The number of likely N-dealkylation sites (tertiary alicyclic amines) is 1. The summed E-state index contributed by atoms with van der Waals surface area (Å²) in [4.78, 5) is 2.78. The molecule has 3 fully saturated rings. The van der Waals surface area contributed by atoms with Crippen LogP contribution < -0.4 is 5.32 Å². The Morgan fingerprint density at radius 2 is 2.12 bits per heavy atom. The lowest BCUT2D eigenvalue weighted by atomic mass is 9.82. The van der Waals surface area contributed by atoms with Crippen molar-refractivity contribution >= 4 is 0 Å². The Morgan fingerprint density at radius 1 is 1.29 bits per heavy atom. The SMILES string of the molecule is COCC12CCCC1CN(C1CCNCC1)C2. The number of hydrogen-bond donors (Lipinski definition) is 1. The zero-order valence-corrected chi connectivity index (χ0v) is 11.1. The topological polar surface area (TPSA) is 24.5 Å². The Hall–Kier alpha value is -0.120. The van der Waals surface area contributed by atoms with Gasteiger partial charge in [0, 0.05) is 31.7 Å². The zero-order valence-electron chi connectivity index (χ0n) is 11.1. The molecule has 1 saturated carbocycles. The van der Waals surface area contributed by atoms with E-state index in [2.05, 4.69) is 10.2 Å². The molecule has 1 N–H and O–H groups in total. The number of piperidine rings is 1. The van der Waals surface area contributed by atoms with Gasteiger partial charge in [-0.25, -0.2) is 0 Å². The summed E-state index contributed by atoms with van der Waals surface area (Å²) in [7, 11) is 1.87. The van der Waals surface area contributed by atoms with Crippen LogP contribution in [-0.2, 0) is 4.74 Å². The van der Waals surface area contributed by atoms with Gasteiger partial charge in [-0.15, -0.1) is 0 Å². The van der Waals surface area contributed by atoms with Crippen LogP contribution >= 0.6 is 0 Å². The first-order chi connectivity index (χ1) is 8.34. The Balaban J connectivity index is 1.66. The van der Waals surface area contributed by atoms with Crippen molar-refractivity contribution in [1.82, 2.24) is 10.2 Å². The van der Waals surface area contributed by atoms with Crippen molar-refractivity contribution in [3.8, 4) is 0 Å². The maximum absolute atomic E-state index is 5.53. The van der Waals surface area contributed by atoms with E-state index in [0.29, 0.717) is 5.41 Å². The molecule has 2 heterocycles. The normalized spacial score (nSPS) is 39.7. The summed E-state index contributed by atoms with van der Waals surface area (Å²) in [5.74, 6) is 0.914. The van der Waals surface area contributed by atoms with Gasteiger partial charge in [0.25, 0.3) is 0 Å². The first-order valence-corrected chi connectivity index (χ1v) is 7.28. The molecule has 3 heteroatoms. The molecule has 0 aromatic heterocycles. The van der Waals surface area contributed by atoms with Crippen molar-refractivity contribution in [2.75, 3.05) is 39.9 Å². The molecule has 1 aliphatic carbocycles. The maximum atomic E-state index is 5.53. The maximum Gasteiger partial charge on any atom is 0.0534 e. The molecule has 17 heavy (non-hydrogen) atoms. The summed E-state index contributed by atoms with van der Waals surface area (Å²) in [6, 6.07) is 0.843. The minimum absolute atomic E-state index is 0.514. The summed E-state index contributed by atoms with van der Waals surface area (Å²) in [5.41, 5.74) is 0.514. The highest BCUT2D eigenvalue weighted by Gasteiger charge is 2.50. The van der Waals surface area contributed by atoms with E-state index < -0.39 is 0 Å². The van der Waals surface area contributed by atoms with Gasteiger partial charge >= 0.3 is 0 Å². The number of rotatable bonds is 3. The van der Waals surface area contributed by atoms with Crippen LogP contribution in [0.15, 0.2) is 0 Å². The molecule has 2 atom stereocenters. The molecule has 2 aliphatic heterocycles. The van der Waals surface area contributed by atoms with E-state index in [9.17, 15) is 0 Å². The van der Waals surface area contributed by atoms with Gasteiger partial charge in [-0.2, -0.15) is 0 Å². The van der Waals surface area contributed by atoms with Gasteiger partial charge < -0.3 is 10.1 Å². The highest BCUT2D eigenvalue weighted by Crippen LogP contribution is 2.49. The number of methoxy groups -OCH3 is 1. The Bertz CT molecular complexity index is 265. The minimum Gasteiger partial charge on any atom is -0.384 e. The molecule has 3 nitrogen and oxygen atoms in total. The summed E-state index contributed by atoms with van der Waals surface area (Å²) in [6.45, 7) is 6.05. The third-order valence-corrected chi connectivity index (χ3v) is 5.32. The van der Waals surface area contributed by atoms with Crippen LogP contribution in [0.5, 0.6) is 0 Å². The van der Waals surface area contributed by atoms with E-state index in [4.69, 9.17) is 4.74 Å². The second-order valence-electron chi connectivity index (χ2n) is 6.30. The molecular formula is C14H26N2O. The third kappa shape index (κ3) is 2.13. The first-order valence-electron chi connectivity index (χ1n) is 7.28. The van der Waals surface area contributed by atoms with Crippen LogP contribution in [0.2, 0.25) is 0 Å². The van der Waals surface area contributed by atoms with Crippen LogP contribution in [0.25, 0.3) is 0 Å². The van der Waals surface area contributed by atoms with E-state index in [1.54, 1.807) is 0 Å². The molecule has 3 aliphatic rings. The highest BCUT2D eigenvalue weighted by atomic mass is 16.5. The molecule has 2 saturated heterocycles. The lowest BCUT2D eigenvalue weighted by Gasteiger charge is -2.33. The number of ether oxygens (including phenoxy) is 1. The van der Waals surface area contributed by atoms with E-state index in [1.807, 2.05) is 7.11 Å². The Morgan fingerprint density at radius 3 is 2.88 bits per heavy atom. The predicted octanol–water partition coefficient (Wildman–Crippen LogP) is 1.49. The fourth-order valence-electron chi connectivity index (χ4n) is 4.43. The molecule has 98 valence electrons. The van der Waals surface area contributed by atoms with Gasteiger partial charge in [0.15, 0.2) is 0 Å². The quantitative estimate of drug-likeness (QED) is 0.806. The Labute approximate surface area is 105 Å². The van der Waals surface area contributed by atoms with Crippen molar-refractivity contribution in [1.29, 1.82) is 0 Å². The van der Waals surface area contributed by atoms with Crippen LogP contribution in [-0.4, -0.2) is 50.8 Å². The average Bonchev–Trinajstić information content (AvgIpc) is 2.87. The predicted molar refractivity (Wildman–Crippen MR) is 69.1 cm³/mol. The molecular weight excluding hydrogens is 212 g/mol. The molecule has 0 radical (unpaired) electrons. The summed E-state index contributed by atoms with van der Waals surface area (Å²) in [6.07, 6.45) is 6.94. The van der Waals surface area contributed by atoms with Gasteiger partial charge in [0.2, 0.25) is 0 Å². The van der Waals surface area contributed by atoms with Gasteiger partial charge in [-0.05, 0) is 44.7 Å². The molecule has 0 bridgehead atoms. The zero-order chi connectivity index (χ0) is 11.7. The lowest BCUT2D eigenvalue weighted by Crippen LogP contribution is -2.43. The van der Waals surface area contributed by atoms with Gasteiger partial charge in [0.1, 0.15) is 0 Å². The molecule has 2 unspecified atom stereocenters. The molecule has 0 amide bonds. The first kappa shape index (κ1) is 11.9. The molecule has 3 rings (SSSR count). The largest absolute Gasteiger partial charge is 0.384 e. The van der Waals surface area contributed by atoms with Crippen LogP contribution in [0.3, 0.4) is 0 Å². The Kier molecular flexibility index (Phi) is 3.42. The lowest BCUT2D eigenvalue weighted by molar-refractivity contribution is 0.0652. The van der Waals surface area contributed by atoms with Crippen molar-refractivity contribution in [2.45, 2.75) is 38.1 Å². The summed E-state index contributed by atoms with van der Waals surface area (Å²) >= 11 is 0. The van der Waals surface area contributed by atoms with E-state index in [-0.39, 0.29) is 0 Å². The average molecular weight is 238 g/mol. The third-order valence-electron chi connectivity index (χ3n) is 5.32. The van der Waals surface area contributed by atoms with Crippen molar-refractivity contribution in [3.05, 3.63) is 0 Å². The van der Waals surface area contributed by atoms with Crippen LogP contribution in [0.1, 0.15) is 32.1 Å². The number of nitrogens with one attached hydrogen (secondary N) is 1. The van der Waals surface area contributed by atoms with Crippen LogP contribution in [0.4, 0.5) is 0 Å². The second kappa shape index (κ2) is 4.87. The monoisotopic (exact) mass is 238 g/mol. The standard InChI is InChI=1S/C14H26N2O/c1-17-11-14-6-2-3-12(14)9-16(10-14)13-4-7-15-8-5-13/h12-13,15H,2-11H2,1H3. The van der Waals surface area contributed by atoms with E-state index in [1.165, 1.54) is 58.3 Å². The molecule has 0 aromatic rings. The number of fused-ring (bicyclic) bond motifs is 1. The van der Waals surface area contributed by atoms with Crippen molar-refractivity contribution < 1.29 is 4.74 Å². The molecule has 0 aromatic carbocycles. The fraction of sp³-hybridized carbons (Fsp3) is 1.00. The summed E-state index contributed by atoms with van der Waals surface area (Å²) < 4.78 is 5.53. The highest BCUT2D eigenvalue weighted by molar-refractivity contribution is 5.02. The molecule has 0 spiro atoms. The summed E-state index contributed by atoms with van der Waals surface area (Å²) in [5, 5.41) is 3.47.